The van der Waals surface area contributed by atoms with E-state index in [9.17, 15) is 9.59 Å². The van der Waals surface area contributed by atoms with Crippen molar-refractivity contribution in [3.63, 3.8) is 0 Å². The van der Waals surface area contributed by atoms with Crippen LogP contribution < -0.4 is 0 Å². The summed E-state index contributed by atoms with van der Waals surface area (Å²) in [6.45, 7) is 1.51. The summed E-state index contributed by atoms with van der Waals surface area (Å²) >= 11 is 3.51. The highest BCUT2D eigenvalue weighted by molar-refractivity contribution is 9.10. The van der Waals surface area contributed by atoms with Crippen LogP contribution in [0, 0.1) is 5.92 Å². The lowest BCUT2D eigenvalue weighted by Gasteiger charge is -2.32. The van der Waals surface area contributed by atoms with Gasteiger partial charge >= 0.3 is 5.97 Å². The number of nitrogens with zero attached hydrogens (tertiary/aromatic N) is 1. The summed E-state index contributed by atoms with van der Waals surface area (Å²) in [6.07, 6.45) is 4.12. The van der Waals surface area contributed by atoms with Crippen molar-refractivity contribution in [2.75, 3.05) is 13.1 Å². The number of hydrogen-bond acceptors (Lipinski definition) is 2. The zero-order valence-electron chi connectivity index (χ0n) is 12.6. The molecule has 22 heavy (non-hydrogen) atoms. The van der Waals surface area contributed by atoms with Crippen LogP contribution in [-0.2, 0) is 16.0 Å². The topological polar surface area (TPSA) is 57.6 Å². The van der Waals surface area contributed by atoms with Crippen LogP contribution >= 0.6 is 15.9 Å². The predicted octanol–water partition coefficient (Wildman–Crippen LogP) is 3.49. The highest BCUT2D eigenvalue weighted by atomic mass is 79.9. The van der Waals surface area contributed by atoms with Crippen molar-refractivity contribution < 1.29 is 14.7 Å². The lowest BCUT2D eigenvalue weighted by atomic mass is 9.93. The van der Waals surface area contributed by atoms with Crippen LogP contribution in [0.3, 0.4) is 0 Å². The van der Waals surface area contributed by atoms with Gasteiger partial charge in [0.25, 0.3) is 0 Å². The van der Waals surface area contributed by atoms with E-state index in [0.717, 1.165) is 35.8 Å². The van der Waals surface area contributed by atoms with Crippen LogP contribution in [0.5, 0.6) is 0 Å². The number of benzene rings is 1. The van der Waals surface area contributed by atoms with E-state index in [0.29, 0.717) is 25.3 Å². The molecule has 5 heteroatoms. The second kappa shape index (κ2) is 8.32. The molecule has 1 atom stereocenters. The van der Waals surface area contributed by atoms with E-state index in [1.807, 2.05) is 29.2 Å². The van der Waals surface area contributed by atoms with Crippen LogP contribution in [0.1, 0.15) is 37.7 Å². The van der Waals surface area contributed by atoms with E-state index in [2.05, 4.69) is 15.9 Å². The highest BCUT2D eigenvalue weighted by Crippen LogP contribution is 2.23. The fraction of sp³-hybridized carbons (Fsp3) is 0.529. The van der Waals surface area contributed by atoms with Gasteiger partial charge in [0.15, 0.2) is 0 Å². The average Bonchev–Trinajstić information content (AvgIpc) is 2.52. The summed E-state index contributed by atoms with van der Waals surface area (Å²) in [6, 6.07) is 7.96. The molecule has 1 heterocycles. The van der Waals surface area contributed by atoms with Gasteiger partial charge in [0.2, 0.25) is 5.91 Å². The Kier molecular flexibility index (Phi) is 6.43. The summed E-state index contributed by atoms with van der Waals surface area (Å²) in [5, 5.41) is 8.77. The Balaban J connectivity index is 1.81. The third kappa shape index (κ3) is 5.13. The quantitative estimate of drug-likeness (QED) is 0.836. The number of aliphatic carboxylic acids is 1. The van der Waals surface area contributed by atoms with Crippen molar-refractivity contribution in [2.45, 2.75) is 38.5 Å². The van der Waals surface area contributed by atoms with E-state index in [4.69, 9.17) is 5.11 Å². The van der Waals surface area contributed by atoms with Crippen LogP contribution in [0.2, 0.25) is 0 Å². The van der Waals surface area contributed by atoms with Crippen LogP contribution in [0.4, 0.5) is 0 Å². The Morgan fingerprint density at radius 1 is 1.27 bits per heavy atom. The van der Waals surface area contributed by atoms with E-state index in [-0.39, 0.29) is 12.3 Å². The summed E-state index contributed by atoms with van der Waals surface area (Å²) < 4.78 is 1.04. The fourth-order valence-electron chi connectivity index (χ4n) is 2.96. The minimum absolute atomic E-state index is 0.177. The molecule has 0 radical (unpaired) electrons. The second-order valence-electron chi connectivity index (χ2n) is 5.87. The molecule has 2 rings (SSSR count). The second-order valence-corrected chi connectivity index (χ2v) is 6.73. The smallest absolute Gasteiger partial charge is 0.303 e. The van der Waals surface area contributed by atoms with Gasteiger partial charge in [-0.2, -0.15) is 0 Å². The number of piperidine rings is 1. The summed E-state index contributed by atoms with van der Waals surface area (Å²) in [5.41, 5.74) is 1.15. The molecule has 0 spiro atoms. The number of likely N-dealkylation sites (tertiary alicyclic amines) is 1. The maximum atomic E-state index is 12.4. The normalized spacial score (nSPS) is 18.2. The molecule has 1 aromatic rings. The van der Waals surface area contributed by atoms with Crippen molar-refractivity contribution in [3.05, 3.63) is 34.3 Å². The minimum Gasteiger partial charge on any atom is -0.481 e. The molecule has 1 aliphatic rings. The first-order chi connectivity index (χ1) is 10.6. The van der Waals surface area contributed by atoms with E-state index in [1.165, 1.54) is 0 Å². The number of carboxylic acid groups (broad SMARTS) is 1. The van der Waals surface area contributed by atoms with E-state index >= 15 is 0 Å². The van der Waals surface area contributed by atoms with Crippen molar-refractivity contribution in [3.8, 4) is 0 Å². The predicted molar refractivity (Wildman–Crippen MR) is 88.6 cm³/mol. The van der Waals surface area contributed by atoms with Crippen molar-refractivity contribution in [1.82, 2.24) is 4.90 Å². The number of halogens is 1. The molecule has 0 saturated carbocycles. The molecule has 1 amide bonds. The largest absolute Gasteiger partial charge is 0.481 e. The molecule has 120 valence electrons. The van der Waals surface area contributed by atoms with Gasteiger partial charge in [0, 0.05) is 30.4 Å². The molecule has 1 saturated heterocycles. The zero-order chi connectivity index (χ0) is 15.9. The van der Waals surface area contributed by atoms with Gasteiger partial charge in [-0.25, -0.2) is 0 Å². The minimum atomic E-state index is -0.752. The Morgan fingerprint density at radius 3 is 2.77 bits per heavy atom. The molecule has 1 N–H and O–H groups in total. The van der Waals surface area contributed by atoms with Gasteiger partial charge in [-0.3, -0.25) is 9.59 Å². The molecule has 4 nitrogen and oxygen atoms in total. The molecule has 0 aliphatic carbocycles. The average molecular weight is 368 g/mol. The summed E-state index contributed by atoms with van der Waals surface area (Å²) in [4.78, 5) is 24.9. The van der Waals surface area contributed by atoms with Gasteiger partial charge in [-0.05, 0) is 43.2 Å². The zero-order valence-corrected chi connectivity index (χ0v) is 14.2. The van der Waals surface area contributed by atoms with Crippen molar-refractivity contribution >= 4 is 27.8 Å². The number of carbonyl (C=O) groups is 2. The molecular formula is C17H22BrNO3. The van der Waals surface area contributed by atoms with Crippen molar-refractivity contribution in [2.24, 2.45) is 5.92 Å². The lowest BCUT2D eigenvalue weighted by molar-refractivity contribution is -0.137. The van der Waals surface area contributed by atoms with Gasteiger partial charge in [0.1, 0.15) is 0 Å². The Bertz CT molecular complexity index is 532. The maximum absolute atomic E-state index is 12.4. The number of rotatable bonds is 6. The maximum Gasteiger partial charge on any atom is 0.303 e. The van der Waals surface area contributed by atoms with E-state index in [1.54, 1.807) is 0 Å². The molecule has 1 aliphatic heterocycles. The van der Waals surface area contributed by atoms with Gasteiger partial charge < -0.3 is 10.0 Å². The SMILES string of the molecule is O=C(O)CCC1CCCN(C(=O)CCc2ccccc2Br)C1. The van der Waals surface area contributed by atoms with Crippen LogP contribution in [0.15, 0.2) is 28.7 Å². The van der Waals surface area contributed by atoms with E-state index < -0.39 is 5.97 Å². The highest BCUT2D eigenvalue weighted by Gasteiger charge is 2.23. The molecule has 1 unspecified atom stereocenters. The number of carbonyl (C=O) groups excluding carboxylic acids is 1. The first-order valence-corrected chi connectivity index (χ1v) is 8.58. The number of amides is 1. The molecule has 1 fully saturated rings. The molecule has 0 bridgehead atoms. The first-order valence-electron chi connectivity index (χ1n) is 7.79. The lowest BCUT2D eigenvalue weighted by Crippen LogP contribution is -2.40. The van der Waals surface area contributed by atoms with Crippen LogP contribution in [-0.4, -0.2) is 35.0 Å². The molecule has 0 aromatic heterocycles. The summed E-state index contributed by atoms with van der Waals surface area (Å²) in [7, 11) is 0. The number of aryl methyl sites for hydroxylation is 1. The van der Waals surface area contributed by atoms with Crippen molar-refractivity contribution in [1.29, 1.82) is 0 Å². The van der Waals surface area contributed by atoms with Gasteiger partial charge in [0.05, 0.1) is 0 Å². The Hall–Kier alpha value is -1.36. The first kappa shape index (κ1) is 17.0. The monoisotopic (exact) mass is 367 g/mol. The third-order valence-electron chi connectivity index (χ3n) is 4.20. The Labute approximate surface area is 139 Å². The Morgan fingerprint density at radius 2 is 2.05 bits per heavy atom. The van der Waals surface area contributed by atoms with Gasteiger partial charge in [-0.15, -0.1) is 0 Å². The van der Waals surface area contributed by atoms with Gasteiger partial charge in [-0.1, -0.05) is 34.1 Å². The molecular weight excluding hydrogens is 346 g/mol. The fourth-order valence-corrected chi connectivity index (χ4v) is 3.44. The number of hydrogen-bond donors (Lipinski definition) is 1. The van der Waals surface area contributed by atoms with Crippen LogP contribution in [0.25, 0.3) is 0 Å². The third-order valence-corrected chi connectivity index (χ3v) is 4.98. The number of carboxylic acids is 1. The molecule has 1 aromatic carbocycles. The summed E-state index contributed by atoms with van der Waals surface area (Å²) in [5.74, 6) is -0.245. The standard InChI is InChI=1S/C17H22BrNO3/c18-15-6-2-1-5-14(15)8-9-16(20)19-11-3-4-13(12-19)7-10-17(21)22/h1-2,5-6,13H,3-4,7-12H2,(H,21,22).